The van der Waals surface area contributed by atoms with E-state index in [9.17, 15) is 18.0 Å². The van der Waals surface area contributed by atoms with Gasteiger partial charge < -0.3 is 9.47 Å². The monoisotopic (exact) mass is 449 g/mol. The van der Waals surface area contributed by atoms with E-state index in [1.807, 2.05) is 6.92 Å². The van der Waals surface area contributed by atoms with Gasteiger partial charge in [0, 0.05) is 26.1 Å². The number of halogens is 1. The predicted octanol–water partition coefficient (Wildman–Crippen LogP) is 2.46. The van der Waals surface area contributed by atoms with Crippen molar-refractivity contribution in [2.45, 2.75) is 55.1 Å². The number of ketones is 1. The molecule has 1 aliphatic heterocycles. The van der Waals surface area contributed by atoms with Crippen LogP contribution in [-0.4, -0.2) is 49.9 Å². The molecule has 2 N–H and O–H groups in total. The van der Waals surface area contributed by atoms with Crippen LogP contribution in [0.2, 0.25) is 0 Å². The molecule has 1 heterocycles. The van der Waals surface area contributed by atoms with Crippen LogP contribution in [0.25, 0.3) is 0 Å². The van der Waals surface area contributed by atoms with E-state index in [2.05, 4.69) is 0 Å². The number of hydrogen-bond donors (Lipinski definition) is 2. The van der Waals surface area contributed by atoms with Crippen molar-refractivity contribution in [1.82, 2.24) is 5.48 Å². The van der Waals surface area contributed by atoms with Gasteiger partial charge in [-0.2, -0.15) is 0 Å². The number of nitrogens with one attached hydrogen (secondary N) is 1. The Hall–Kier alpha value is -1.68. The van der Waals surface area contributed by atoms with E-state index in [0.29, 0.717) is 31.6 Å². The van der Waals surface area contributed by atoms with E-state index in [4.69, 9.17) is 14.7 Å². The van der Waals surface area contributed by atoms with Gasteiger partial charge in [-0.15, -0.1) is 12.4 Å². The van der Waals surface area contributed by atoms with Gasteiger partial charge in [0.25, 0.3) is 5.91 Å². The third-order valence-electron chi connectivity index (χ3n) is 4.86. The second kappa shape index (κ2) is 11.5. The Morgan fingerprint density at radius 3 is 2.34 bits per heavy atom. The number of hydroxylamine groups is 1. The molecule has 1 fully saturated rings. The first-order valence-electron chi connectivity index (χ1n) is 9.39. The summed E-state index contributed by atoms with van der Waals surface area (Å²) in [7, 11) is -4.05. The Bertz CT molecular complexity index is 774. The Morgan fingerprint density at radius 1 is 1.17 bits per heavy atom. The number of carbonyl (C=O) groups excluding carboxylic acids is 2. The van der Waals surface area contributed by atoms with Crippen molar-refractivity contribution in [3.05, 3.63) is 24.3 Å². The third kappa shape index (κ3) is 5.91. The van der Waals surface area contributed by atoms with E-state index >= 15 is 0 Å². The van der Waals surface area contributed by atoms with Gasteiger partial charge in [-0.3, -0.25) is 14.8 Å². The molecule has 0 atom stereocenters. The molecule has 0 spiro atoms. The molecule has 29 heavy (non-hydrogen) atoms. The average Bonchev–Trinajstić information content (AvgIpc) is 2.71. The zero-order valence-electron chi connectivity index (χ0n) is 16.4. The molecule has 0 aromatic heterocycles. The van der Waals surface area contributed by atoms with Crippen molar-refractivity contribution in [1.29, 1.82) is 0 Å². The second-order valence-corrected chi connectivity index (χ2v) is 9.02. The molecule has 8 nitrogen and oxygen atoms in total. The van der Waals surface area contributed by atoms with Gasteiger partial charge >= 0.3 is 0 Å². The number of amides is 1. The fourth-order valence-corrected chi connectivity index (χ4v) is 5.16. The van der Waals surface area contributed by atoms with Crippen LogP contribution in [0.15, 0.2) is 29.2 Å². The third-order valence-corrected chi connectivity index (χ3v) is 7.38. The van der Waals surface area contributed by atoms with Crippen LogP contribution in [-0.2, 0) is 24.2 Å². The first-order chi connectivity index (χ1) is 13.4. The summed E-state index contributed by atoms with van der Waals surface area (Å²) in [6.45, 7) is 2.55. The smallest absolute Gasteiger partial charge is 0.265 e. The minimum Gasteiger partial charge on any atom is -0.494 e. The first-order valence-corrected chi connectivity index (χ1v) is 10.9. The van der Waals surface area contributed by atoms with Crippen molar-refractivity contribution in [2.75, 3.05) is 19.8 Å². The highest BCUT2D eigenvalue weighted by Gasteiger charge is 2.52. The molecule has 1 saturated heterocycles. The minimum atomic E-state index is -4.05. The van der Waals surface area contributed by atoms with Gasteiger partial charge in [0.1, 0.15) is 11.5 Å². The van der Waals surface area contributed by atoms with Crippen LogP contribution in [0.1, 0.15) is 45.4 Å². The lowest BCUT2D eigenvalue weighted by Crippen LogP contribution is -2.54. The highest BCUT2D eigenvalue weighted by molar-refractivity contribution is 7.93. The fourth-order valence-electron chi connectivity index (χ4n) is 3.22. The molecular weight excluding hydrogens is 422 g/mol. The average molecular weight is 450 g/mol. The van der Waals surface area contributed by atoms with Crippen molar-refractivity contribution < 1.29 is 32.7 Å². The number of sulfone groups is 1. The van der Waals surface area contributed by atoms with E-state index < -0.39 is 20.5 Å². The van der Waals surface area contributed by atoms with Gasteiger partial charge in [-0.25, -0.2) is 13.9 Å². The number of hydrogen-bond acceptors (Lipinski definition) is 7. The summed E-state index contributed by atoms with van der Waals surface area (Å²) in [5.41, 5.74) is 1.49. The fraction of sp³-hybridized carbons (Fsp3) is 0.579. The maximum atomic E-state index is 13.1. The lowest BCUT2D eigenvalue weighted by Gasteiger charge is -2.34. The summed E-state index contributed by atoms with van der Waals surface area (Å²) in [5.74, 6) is -0.265. The van der Waals surface area contributed by atoms with Crippen molar-refractivity contribution >= 4 is 33.9 Å². The summed E-state index contributed by atoms with van der Waals surface area (Å²) in [4.78, 5) is 23.7. The van der Waals surface area contributed by atoms with Crippen LogP contribution in [0.3, 0.4) is 0 Å². The highest BCUT2D eigenvalue weighted by Crippen LogP contribution is 2.35. The molecule has 1 aromatic carbocycles. The van der Waals surface area contributed by atoms with Crippen LogP contribution < -0.4 is 10.2 Å². The summed E-state index contributed by atoms with van der Waals surface area (Å²) in [5, 5.41) is 9.05. The van der Waals surface area contributed by atoms with Gasteiger partial charge in [0.15, 0.2) is 14.6 Å². The molecular formula is C19H28ClNO7S. The first kappa shape index (κ1) is 25.4. The Labute approximate surface area is 177 Å². The molecule has 2 rings (SSSR count). The molecule has 0 radical (unpaired) electrons. The van der Waals surface area contributed by atoms with Gasteiger partial charge in [-0.1, -0.05) is 6.92 Å². The zero-order chi connectivity index (χ0) is 20.6. The molecule has 1 aliphatic rings. The predicted molar refractivity (Wildman–Crippen MR) is 108 cm³/mol. The molecule has 10 heteroatoms. The number of carbonyl (C=O) groups is 2. The second-order valence-electron chi connectivity index (χ2n) is 6.76. The Balaban J connectivity index is 0.00000420. The van der Waals surface area contributed by atoms with Gasteiger partial charge in [-0.05, 0) is 49.9 Å². The topological polar surface area (TPSA) is 119 Å². The normalized spacial score (nSPS) is 15.8. The van der Waals surface area contributed by atoms with E-state index in [0.717, 1.165) is 6.42 Å². The lowest BCUT2D eigenvalue weighted by molar-refractivity contribution is -0.134. The summed E-state index contributed by atoms with van der Waals surface area (Å²) >= 11 is 0. The summed E-state index contributed by atoms with van der Waals surface area (Å²) in [6, 6.07) is 5.80. The molecule has 1 aromatic rings. The van der Waals surface area contributed by atoms with Crippen molar-refractivity contribution in [3.63, 3.8) is 0 Å². The minimum absolute atomic E-state index is 0. The number of rotatable bonds is 10. The lowest BCUT2D eigenvalue weighted by atomic mass is 9.98. The molecule has 1 amide bonds. The quantitative estimate of drug-likeness (QED) is 0.320. The van der Waals surface area contributed by atoms with Gasteiger partial charge in [0.2, 0.25) is 0 Å². The number of ether oxygens (including phenoxy) is 2. The highest BCUT2D eigenvalue weighted by atomic mass is 35.5. The maximum absolute atomic E-state index is 13.1. The Kier molecular flexibility index (Phi) is 10.0. The van der Waals surface area contributed by atoms with Crippen molar-refractivity contribution in [3.8, 4) is 5.75 Å². The summed E-state index contributed by atoms with van der Waals surface area (Å²) in [6.07, 6.45) is 2.38. The van der Waals surface area contributed by atoms with E-state index in [1.54, 1.807) is 0 Å². The standard InChI is InChI=1S/C19H27NO7S.ClH/c1-2-4-15(21)5-3-12-27-16-6-8-17(9-7-16)28(24,25)19(18(22)20-23)10-13-26-14-11-19;/h6-9,23H,2-5,10-14H2,1H3,(H,20,22);1H. The Morgan fingerprint density at radius 2 is 1.79 bits per heavy atom. The number of Topliss-reactive ketones (excluding diaryl/α,β-unsaturated/α-hetero) is 1. The van der Waals surface area contributed by atoms with E-state index in [1.165, 1.54) is 29.7 Å². The zero-order valence-corrected chi connectivity index (χ0v) is 18.0. The number of benzene rings is 1. The molecule has 164 valence electrons. The summed E-state index contributed by atoms with van der Waals surface area (Å²) < 4.78 is 35.2. The van der Waals surface area contributed by atoms with E-state index in [-0.39, 0.29) is 49.1 Å². The molecule has 0 saturated carbocycles. The SMILES string of the molecule is CCCC(=O)CCCOc1ccc(S(=O)(=O)C2(C(=O)NO)CCOCC2)cc1.Cl. The van der Waals surface area contributed by atoms with Crippen LogP contribution in [0.4, 0.5) is 0 Å². The largest absolute Gasteiger partial charge is 0.494 e. The molecule has 0 bridgehead atoms. The molecule has 0 unspecified atom stereocenters. The van der Waals surface area contributed by atoms with Crippen LogP contribution >= 0.6 is 12.4 Å². The molecule has 0 aliphatic carbocycles. The van der Waals surface area contributed by atoms with Crippen molar-refractivity contribution in [2.24, 2.45) is 0 Å². The maximum Gasteiger partial charge on any atom is 0.265 e. The van der Waals surface area contributed by atoms with Gasteiger partial charge in [0.05, 0.1) is 11.5 Å². The van der Waals surface area contributed by atoms with Crippen LogP contribution in [0, 0.1) is 0 Å². The van der Waals surface area contributed by atoms with Crippen LogP contribution in [0.5, 0.6) is 5.75 Å².